The number of halogens is 1. The standard InChI is InChI=1S/C20H17ClN6O/c1-3-28-20-22-12-17(18(23-20)14-5-4-6-15(21)11-14)19-24-25-26-27(19)16-9-7-13(2)8-10-16/h4-12H,3H2,1-2H3. The van der Waals surface area contributed by atoms with E-state index in [2.05, 4.69) is 25.5 Å². The molecule has 2 aromatic heterocycles. The van der Waals surface area contributed by atoms with Crippen molar-refractivity contribution in [3.05, 3.63) is 65.3 Å². The van der Waals surface area contributed by atoms with Crippen LogP contribution in [0.2, 0.25) is 5.02 Å². The zero-order valence-corrected chi connectivity index (χ0v) is 16.1. The predicted octanol–water partition coefficient (Wildman–Crippen LogP) is 4.15. The molecular weight excluding hydrogens is 376 g/mol. The van der Waals surface area contributed by atoms with E-state index in [0.29, 0.717) is 28.7 Å². The fourth-order valence-electron chi connectivity index (χ4n) is 2.80. The quantitative estimate of drug-likeness (QED) is 0.507. The molecule has 0 unspecified atom stereocenters. The molecule has 0 bridgehead atoms. The number of ether oxygens (including phenoxy) is 1. The molecule has 0 saturated carbocycles. The molecule has 4 rings (SSSR count). The lowest BCUT2D eigenvalue weighted by atomic mass is 10.1. The highest BCUT2D eigenvalue weighted by atomic mass is 35.5. The molecule has 28 heavy (non-hydrogen) atoms. The van der Waals surface area contributed by atoms with Crippen molar-refractivity contribution in [1.82, 2.24) is 30.2 Å². The van der Waals surface area contributed by atoms with E-state index in [1.54, 1.807) is 10.9 Å². The lowest BCUT2D eigenvalue weighted by Crippen LogP contribution is -2.04. The van der Waals surface area contributed by atoms with Gasteiger partial charge in [-0.1, -0.05) is 41.4 Å². The van der Waals surface area contributed by atoms with Crippen LogP contribution in [0.3, 0.4) is 0 Å². The molecule has 0 fully saturated rings. The molecule has 0 atom stereocenters. The van der Waals surface area contributed by atoms with Gasteiger partial charge in [0.05, 0.1) is 23.6 Å². The summed E-state index contributed by atoms with van der Waals surface area (Å²) in [6, 6.07) is 15.7. The van der Waals surface area contributed by atoms with Gasteiger partial charge in [0.1, 0.15) is 0 Å². The minimum absolute atomic E-state index is 0.288. The summed E-state index contributed by atoms with van der Waals surface area (Å²) < 4.78 is 7.14. The number of aryl methyl sites for hydroxylation is 1. The number of hydrogen-bond donors (Lipinski definition) is 0. The first-order valence-electron chi connectivity index (χ1n) is 8.77. The van der Waals surface area contributed by atoms with Crippen LogP contribution in [0.1, 0.15) is 12.5 Å². The number of tetrazole rings is 1. The third kappa shape index (κ3) is 3.57. The van der Waals surface area contributed by atoms with Crippen molar-refractivity contribution < 1.29 is 4.74 Å². The molecule has 4 aromatic rings. The summed E-state index contributed by atoms with van der Waals surface area (Å²) in [5.41, 5.74) is 4.14. The van der Waals surface area contributed by atoms with E-state index in [1.807, 2.05) is 62.4 Å². The molecule has 0 aliphatic heterocycles. The van der Waals surface area contributed by atoms with Gasteiger partial charge >= 0.3 is 6.01 Å². The Morgan fingerprint density at radius 1 is 1.11 bits per heavy atom. The van der Waals surface area contributed by atoms with Gasteiger partial charge in [-0.25, -0.2) is 4.98 Å². The van der Waals surface area contributed by atoms with Crippen molar-refractivity contribution in [3.63, 3.8) is 0 Å². The van der Waals surface area contributed by atoms with Crippen molar-refractivity contribution >= 4 is 11.6 Å². The molecule has 7 nitrogen and oxygen atoms in total. The summed E-state index contributed by atoms with van der Waals surface area (Å²) in [7, 11) is 0. The molecule has 0 saturated heterocycles. The molecule has 2 aromatic carbocycles. The van der Waals surface area contributed by atoms with Gasteiger partial charge in [-0.05, 0) is 48.5 Å². The van der Waals surface area contributed by atoms with Crippen LogP contribution < -0.4 is 4.74 Å². The second-order valence-electron chi connectivity index (χ2n) is 6.11. The summed E-state index contributed by atoms with van der Waals surface area (Å²) in [4.78, 5) is 8.88. The number of nitrogens with zero attached hydrogens (tertiary/aromatic N) is 6. The minimum atomic E-state index is 0.288. The molecule has 140 valence electrons. The van der Waals surface area contributed by atoms with E-state index in [1.165, 1.54) is 0 Å². The highest BCUT2D eigenvalue weighted by molar-refractivity contribution is 6.30. The topological polar surface area (TPSA) is 78.6 Å². The van der Waals surface area contributed by atoms with Gasteiger partial charge in [-0.3, -0.25) is 0 Å². The first-order valence-corrected chi connectivity index (χ1v) is 9.15. The first-order chi connectivity index (χ1) is 13.7. The number of hydrogen-bond acceptors (Lipinski definition) is 6. The number of aromatic nitrogens is 6. The van der Waals surface area contributed by atoms with E-state index < -0.39 is 0 Å². The summed E-state index contributed by atoms with van der Waals surface area (Å²) in [6.07, 6.45) is 1.67. The normalized spacial score (nSPS) is 10.8. The van der Waals surface area contributed by atoms with Crippen LogP contribution in [0.4, 0.5) is 0 Å². The SMILES string of the molecule is CCOc1ncc(-c2nnnn2-c2ccc(C)cc2)c(-c2cccc(Cl)c2)n1. The Balaban J connectivity index is 1.89. The van der Waals surface area contributed by atoms with E-state index >= 15 is 0 Å². The van der Waals surface area contributed by atoms with Crippen molar-refractivity contribution in [1.29, 1.82) is 0 Å². The van der Waals surface area contributed by atoms with Gasteiger partial charge in [0.25, 0.3) is 0 Å². The van der Waals surface area contributed by atoms with Crippen LogP contribution in [0.15, 0.2) is 54.7 Å². The fourth-order valence-corrected chi connectivity index (χ4v) is 2.99. The van der Waals surface area contributed by atoms with Crippen LogP contribution in [0.5, 0.6) is 6.01 Å². The maximum Gasteiger partial charge on any atom is 0.316 e. The predicted molar refractivity (Wildman–Crippen MR) is 107 cm³/mol. The Labute approximate surface area is 167 Å². The van der Waals surface area contributed by atoms with Crippen molar-refractivity contribution in [3.8, 4) is 34.3 Å². The lowest BCUT2D eigenvalue weighted by Gasteiger charge is -2.11. The third-order valence-corrected chi connectivity index (χ3v) is 4.36. The average Bonchev–Trinajstić information content (AvgIpc) is 3.18. The largest absolute Gasteiger partial charge is 0.464 e. The van der Waals surface area contributed by atoms with E-state index in [-0.39, 0.29) is 6.01 Å². The van der Waals surface area contributed by atoms with Crippen LogP contribution in [0.25, 0.3) is 28.3 Å². The smallest absolute Gasteiger partial charge is 0.316 e. The molecule has 0 radical (unpaired) electrons. The van der Waals surface area contributed by atoms with E-state index in [0.717, 1.165) is 16.8 Å². The molecule has 0 amide bonds. The van der Waals surface area contributed by atoms with Gasteiger partial charge in [0, 0.05) is 16.8 Å². The molecule has 0 spiro atoms. The summed E-state index contributed by atoms with van der Waals surface area (Å²) in [5.74, 6) is 0.530. The maximum atomic E-state index is 6.19. The van der Waals surface area contributed by atoms with Crippen molar-refractivity contribution in [2.45, 2.75) is 13.8 Å². The first kappa shape index (κ1) is 18.1. The molecule has 0 N–H and O–H groups in total. The minimum Gasteiger partial charge on any atom is -0.464 e. The summed E-state index contributed by atoms with van der Waals surface area (Å²) in [5, 5.41) is 12.8. The Morgan fingerprint density at radius 3 is 2.68 bits per heavy atom. The molecule has 8 heteroatoms. The molecule has 0 aliphatic rings. The van der Waals surface area contributed by atoms with Gasteiger partial charge in [0.15, 0.2) is 5.82 Å². The Hall–Kier alpha value is -3.32. The second-order valence-corrected chi connectivity index (χ2v) is 6.54. The van der Waals surface area contributed by atoms with E-state index in [4.69, 9.17) is 16.3 Å². The van der Waals surface area contributed by atoms with Crippen molar-refractivity contribution in [2.24, 2.45) is 0 Å². The Kier molecular flexibility index (Phi) is 4.99. The number of rotatable bonds is 5. The zero-order chi connectivity index (χ0) is 19.5. The molecule has 2 heterocycles. The monoisotopic (exact) mass is 392 g/mol. The second kappa shape index (κ2) is 7.74. The van der Waals surface area contributed by atoms with Crippen LogP contribution in [0, 0.1) is 6.92 Å². The van der Waals surface area contributed by atoms with Gasteiger partial charge < -0.3 is 4.74 Å². The van der Waals surface area contributed by atoms with E-state index in [9.17, 15) is 0 Å². The van der Waals surface area contributed by atoms with Crippen molar-refractivity contribution in [2.75, 3.05) is 6.61 Å². The fraction of sp³-hybridized carbons (Fsp3) is 0.150. The summed E-state index contributed by atoms with van der Waals surface area (Å²) in [6.45, 7) is 4.38. The maximum absolute atomic E-state index is 6.19. The van der Waals surface area contributed by atoms with Gasteiger partial charge in [0.2, 0.25) is 0 Å². The summed E-state index contributed by atoms with van der Waals surface area (Å²) >= 11 is 6.19. The van der Waals surface area contributed by atoms with Crippen LogP contribution >= 0.6 is 11.6 Å². The van der Waals surface area contributed by atoms with Gasteiger partial charge in [-0.2, -0.15) is 9.67 Å². The molecule has 0 aliphatic carbocycles. The third-order valence-electron chi connectivity index (χ3n) is 4.13. The lowest BCUT2D eigenvalue weighted by molar-refractivity contribution is 0.313. The average molecular weight is 393 g/mol. The van der Waals surface area contributed by atoms with Crippen LogP contribution in [-0.4, -0.2) is 36.8 Å². The highest BCUT2D eigenvalue weighted by Gasteiger charge is 2.19. The Bertz CT molecular complexity index is 1110. The van der Waals surface area contributed by atoms with Gasteiger partial charge in [-0.15, -0.1) is 5.10 Å². The number of benzene rings is 2. The highest BCUT2D eigenvalue weighted by Crippen LogP contribution is 2.32. The molecular formula is C20H17ClN6O. The van der Waals surface area contributed by atoms with Crippen LogP contribution in [-0.2, 0) is 0 Å². The zero-order valence-electron chi connectivity index (χ0n) is 15.4. The Morgan fingerprint density at radius 2 is 1.93 bits per heavy atom.